The summed E-state index contributed by atoms with van der Waals surface area (Å²) in [6.07, 6.45) is 99.6. The summed E-state index contributed by atoms with van der Waals surface area (Å²) in [7, 11) is 0. The predicted octanol–water partition coefficient (Wildman–Crippen LogP) is 21.3. The molecule has 0 bridgehead atoms. The van der Waals surface area contributed by atoms with E-state index in [0.717, 1.165) is 122 Å². The minimum Gasteiger partial charge on any atom is -0.394 e. The van der Waals surface area contributed by atoms with Crippen molar-refractivity contribution in [2.24, 2.45) is 0 Å². The molecule has 0 saturated carbocycles. The number of unbranched alkanes of at least 4 members (excludes halogenated alkanes) is 32. The average molecular weight is 1270 g/mol. The van der Waals surface area contributed by atoms with Gasteiger partial charge in [-0.1, -0.05) is 333 Å². The number of allylic oxidation sites excluding steroid dienone is 23. The van der Waals surface area contributed by atoms with E-state index in [1.165, 1.54) is 167 Å². The summed E-state index contributed by atoms with van der Waals surface area (Å²) < 4.78 is 11.3. The lowest BCUT2D eigenvalue weighted by Crippen LogP contribution is -2.60. The monoisotopic (exact) mass is 1270 g/mol. The topological polar surface area (TPSA) is 149 Å². The molecule has 1 aliphatic heterocycles. The van der Waals surface area contributed by atoms with Crippen molar-refractivity contribution in [2.45, 2.75) is 352 Å². The van der Waals surface area contributed by atoms with Crippen molar-refractivity contribution in [1.82, 2.24) is 5.32 Å². The third-order valence-electron chi connectivity index (χ3n) is 16.9. The number of amides is 1. The maximum atomic E-state index is 13.1. The Morgan fingerprint density at radius 3 is 1.05 bits per heavy atom. The molecule has 0 aromatic carbocycles. The lowest BCUT2D eigenvalue weighted by Gasteiger charge is -2.40. The fraction of sp³-hybridized carbons (Fsp3) is 0.695. The zero-order valence-electron chi connectivity index (χ0n) is 58.3. The summed E-state index contributed by atoms with van der Waals surface area (Å²) in [6.45, 7) is 3.66. The first-order chi connectivity index (χ1) is 44.8. The molecule has 1 amide bonds. The molecule has 0 radical (unpaired) electrons. The van der Waals surface area contributed by atoms with Crippen LogP contribution >= 0.6 is 0 Å². The summed E-state index contributed by atoms with van der Waals surface area (Å²) in [5.74, 6) is -0.201. The Kier molecular flexibility index (Phi) is 64.4. The van der Waals surface area contributed by atoms with E-state index < -0.39 is 49.5 Å². The van der Waals surface area contributed by atoms with E-state index in [1.54, 1.807) is 6.08 Å². The molecule has 0 aliphatic carbocycles. The molecule has 520 valence electrons. The molecule has 0 spiro atoms. The van der Waals surface area contributed by atoms with Gasteiger partial charge in [0.05, 0.1) is 25.4 Å². The number of carbonyl (C=O) groups excluding carboxylic acids is 1. The lowest BCUT2D eigenvalue weighted by atomic mass is 9.99. The third kappa shape index (κ3) is 57.3. The molecule has 0 aromatic heterocycles. The van der Waals surface area contributed by atoms with Crippen molar-refractivity contribution >= 4 is 5.91 Å². The molecule has 6 N–H and O–H groups in total. The molecule has 7 atom stereocenters. The van der Waals surface area contributed by atoms with Crippen molar-refractivity contribution in [2.75, 3.05) is 13.2 Å². The minimum absolute atomic E-state index is 0.201. The van der Waals surface area contributed by atoms with Crippen molar-refractivity contribution in [3.8, 4) is 0 Å². The van der Waals surface area contributed by atoms with Crippen LogP contribution in [0.4, 0.5) is 0 Å². The lowest BCUT2D eigenvalue weighted by molar-refractivity contribution is -0.302. The van der Waals surface area contributed by atoms with Crippen LogP contribution in [0.15, 0.2) is 146 Å². The van der Waals surface area contributed by atoms with Gasteiger partial charge in [-0.15, -0.1) is 0 Å². The van der Waals surface area contributed by atoms with Crippen molar-refractivity contribution < 1.29 is 39.8 Å². The number of hydrogen-bond donors (Lipinski definition) is 6. The van der Waals surface area contributed by atoms with Gasteiger partial charge in [0, 0.05) is 6.42 Å². The molecular formula is C82H139NO8. The van der Waals surface area contributed by atoms with Crippen LogP contribution in [0.3, 0.4) is 0 Å². The molecule has 1 saturated heterocycles. The SMILES string of the molecule is CC/C=C\C/C=C\C/C=C\C/C=C\C/C=C\C/C=C\C/C=C\C/C=C\C/C=C\CCCCCCCCCCCC(=O)NC(COC1OC(CO)C(O)C(O)C1O)C(O)/C=C/CC/C=C/CC/C=C/CCCCCCCCCCCCCCCCCCCCCCC. The molecule has 91 heavy (non-hydrogen) atoms. The average Bonchev–Trinajstić information content (AvgIpc) is 1.70. The Morgan fingerprint density at radius 1 is 0.385 bits per heavy atom. The molecule has 0 aromatic rings. The quantitative estimate of drug-likeness (QED) is 0.0261. The van der Waals surface area contributed by atoms with Gasteiger partial charge in [0.1, 0.15) is 24.4 Å². The van der Waals surface area contributed by atoms with Gasteiger partial charge < -0.3 is 40.3 Å². The van der Waals surface area contributed by atoms with Gasteiger partial charge in [-0.2, -0.15) is 0 Å². The number of nitrogens with one attached hydrogen (secondary N) is 1. The van der Waals surface area contributed by atoms with Crippen molar-refractivity contribution in [1.29, 1.82) is 0 Å². The Bertz CT molecular complexity index is 1950. The van der Waals surface area contributed by atoms with Crippen LogP contribution in [-0.2, 0) is 14.3 Å². The largest absolute Gasteiger partial charge is 0.394 e. The number of hydrogen-bond acceptors (Lipinski definition) is 8. The first kappa shape index (κ1) is 85.1. The van der Waals surface area contributed by atoms with Crippen LogP contribution in [0, 0.1) is 0 Å². The van der Waals surface area contributed by atoms with Crippen molar-refractivity contribution in [3.05, 3.63) is 146 Å². The smallest absolute Gasteiger partial charge is 0.220 e. The summed E-state index contributed by atoms with van der Waals surface area (Å²) >= 11 is 0. The first-order valence-corrected chi connectivity index (χ1v) is 37.6. The molecule has 1 aliphatic rings. The summed E-state index contributed by atoms with van der Waals surface area (Å²) in [5, 5.41) is 54.8. The van der Waals surface area contributed by atoms with Gasteiger partial charge in [0.2, 0.25) is 5.91 Å². The standard InChI is InChI=1S/C82H139NO8/c1-3-5-7-9-11-13-15-17-19-21-23-25-27-29-31-33-35-36-37-38-39-40-42-44-46-48-50-52-54-56-58-60-62-64-66-68-70-72-78(86)83-75(74-90-82-81(89)80(88)79(87)77(73-84)91-82)76(85)71-69-67-65-63-61-59-57-55-53-51-49-47-45-43-41-34-32-30-28-26-24-22-20-18-16-14-12-10-8-6-4-2/h5,7,11,13,17,19,23,25,29,31,35-36,38-39,42,44,48,50,53,55,61,63,69,71,75-77,79-82,84-85,87-89H,3-4,6,8-10,12,14-16,18,20-22,24,26-28,30,32-34,37,40-41,43,45-47,49,51-52,54,56-60,62,64-68,70,72-74H2,1-2H3,(H,83,86)/b7-5-,13-11-,19-17-,25-23-,31-29-,36-35-,39-38-,44-42-,50-48-,55-53+,63-61+,71-69+. The third-order valence-corrected chi connectivity index (χ3v) is 16.9. The van der Waals surface area contributed by atoms with E-state index in [2.05, 4.69) is 153 Å². The van der Waals surface area contributed by atoms with Gasteiger partial charge in [-0.05, 0) is 116 Å². The second-order valence-corrected chi connectivity index (χ2v) is 25.3. The van der Waals surface area contributed by atoms with Gasteiger partial charge >= 0.3 is 0 Å². The fourth-order valence-corrected chi connectivity index (χ4v) is 11.1. The molecule has 1 rings (SSSR count). The Balaban J connectivity index is 2.17. The fourth-order valence-electron chi connectivity index (χ4n) is 11.1. The van der Waals surface area contributed by atoms with Crippen LogP contribution < -0.4 is 5.32 Å². The maximum absolute atomic E-state index is 13.1. The molecule has 1 fully saturated rings. The van der Waals surface area contributed by atoms with Gasteiger partial charge in [-0.3, -0.25) is 4.79 Å². The normalized spacial score (nSPS) is 18.6. The zero-order chi connectivity index (χ0) is 65.7. The van der Waals surface area contributed by atoms with Gasteiger partial charge in [0.25, 0.3) is 0 Å². The summed E-state index contributed by atoms with van der Waals surface area (Å²) in [6, 6.07) is -0.844. The second kappa shape index (κ2) is 68.9. The van der Waals surface area contributed by atoms with E-state index in [1.807, 2.05) is 6.08 Å². The van der Waals surface area contributed by atoms with E-state index in [-0.39, 0.29) is 12.5 Å². The molecule has 1 heterocycles. The molecule has 9 heteroatoms. The number of carbonyl (C=O) groups is 1. The van der Waals surface area contributed by atoms with E-state index in [4.69, 9.17) is 9.47 Å². The highest BCUT2D eigenvalue weighted by molar-refractivity contribution is 5.76. The van der Waals surface area contributed by atoms with Crippen LogP contribution in [0.2, 0.25) is 0 Å². The van der Waals surface area contributed by atoms with E-state index >= 15 is 0 Å². The van der Waals surface area contributed by atoms with Crippen LogP contribution in [-0.4, -0.2) is 87.5 Å². The minimum atomic E-state index is -1.59. The van der Waals surface area contributed by atoms with Gasteiger partial charge in [0.15, 0.2) is 6.29 Å². The Labute approximate surface area is 559 Å². The zero-order valence-corrected chi connectivity index (χ0v) is 58.3. The molecular weight excluding hydrogens is 1130 g/mol. The van der Waals surface area contributed by atoms with Crippen LogP contribution in [0.5, 0.6) is 0 Å². The summed E-state index contributed by atoms with van der Waals surface area (Å²) in [5.41, 5.74) is 0. The van der Waals surface area contributed by atoms with E-state index in [9.17, 15) is 30.3 Å². The predicted molar refractivity (Wildman–Crippen MR) is 391 cm³/mol. The Hall–Kier alpha value is -3.93. The number of rotatable bonds is 64. The van der Waals surface area contributed by atoms with Crippen molar-refractivity contribution in [3.63, 3.8) is 0 Å². The second-order valence-electron chi connectivity index (χ2n) is 25.3. The molecule has 9 nitrogen and oxygen atoms in total. The summed E-state index contributed by atoms with van der Waals surface area (Å²) in [4.78, 5) is 13.1. The number of ether oxygens (including phenoxy) is 2. The highest BCUT2D eigenvalue weighted by Gasteiger charge is 2.44. The van der Waals surface area contributed by atoms with E-state index in [0.29, 0.717) is 6.42 Å². The number of aliphatic hydroxyl groups excluding tert-OH is 5. The first-order valence-electron chi connectivity index (χ1n) is 37.6. The van der Waals surface area contributed by atoms with Crippen LogP contribution in [0.1, 0.15) is 309 Å². The van der Waals surface area contributed by atoms with Gasteiger partial charge in [-0.25, -0.2) is 0 Å². The molecule has 7 unspecified atom stereocenters. The highest BCUT2D eigenvalue weighted by atomic mass is 16.7. The Morgan fingerprint density at radius 2 is 0.692 bits per heavy atom. The number of aliphatic hydroxyl groups is 5. The van der Waals surface area contributed by atoms with Crippen LogP contribution in [0.25, 0.3) is 0 Å². The highest BCUT2D eigenvalue weighted by Crippen LogP contribution is 2.23. The maximum Gasteiger partial charge on any atom is 0.220 e.